The van der Waals surface area contributed by atoms with Gasteiger partial charge in [0.15, 0.2) is 0 Å². The molecule has 2 amide bonds. The van der Waals surface area contributed by atoms with Crippen LogP contribution >= 0.6 is 0 Å². The van der Waals surface area contributed by atoms with E-state index in [1.807, 2.05) is 30.3 Å². The van der Waals surface area contributed by atoms with Gasteiger partial charge in [-0.3, -0.25) is 9.59 Å². The molecule has 0 saturated heterocycles. The lowest BCUT2D eigenvalue weighted by Gasteiger charge is -2.11. The lowest BCUT2D eigenvalue weighted by atomic mass is 10.1. The van der Waals surface area contributed by atoms with Crippen LogP contribution in [-0.2, 0) is 17.4 Å². The number of rotatable bonds is 7. The minimum absolute atomic E-state index is 0.00805. The first kappa shape index (κ1) is 23.7. The van der Waals surface area contributed by atoms with Crippen LogP contribution in [0.15, 0.2) is 83.4 Å². The average Bonchev–Trinajstić information content (AvgIpc) is 3.32. The van der Waals surface area contributed by atoms with Crippen molar-refractivity contribution in [1.82, 2.24) is 10.1 Å². The third kappa shape index (κ3) is 6.32. The van der Waals surface area contributed by atoms with Crippen LogP contribution < -0.4 is 10.6 Å². The van der Waals surface area contributed by atoms with E-state index in [1.165, 1.54) is 24.3 Å². The first-order valence-electron chi connectivity index (χ1n) is 10.5. The van der Waals surface area contributed by atoms with Crippen molar-refractivity contribution in [1.29, 1.82) is 0 Å². The second kappa shape index (κ2) is 10.2. The number of anilines is 2. The van der Waals surface area contributed by atoms with Crippen LogP contribution in [0.25, 0.3) is 11.4 Å². The van der Waals surface area contributed by atoms with Crippen LogP contribution in [0.3, 0.4) is 0 Å². The Kier molecular flexibility index (Phi) is 6.91. The summed E-state index contributed by atoms with van der Waals surface area (Å²) in [5.41, 5.74) is 0.473. The highest BCUT2D eigenvalue weighted by molar-refractivity contribution is 6.05. The molecule has 0 radical (unpaired) electrons. The number of nitrogens with zero attached hydrogens (tertiary/aromatic N) is 2. The molecule has 0 spiro atoms. The average molecular weight is 480 g/mol. The molecule has 4 aromatic rings. The van der Waals surface area contributed by atoms with Crippen molar-refractivity contribution in [2.45, 2.75) is 19.0 Å². The maximum atomic E-state index is 12.9. The van der Waals surface area contributed by atoms with Crippen LogP contribution in [0.4, 0.5) is 24.5 Å². The van der Waals surface area contributed by atoms with E-state index in [2.05, 4.69) is 20.8 Å². The number of carbonyl (C=O) groups excluding carboxylic acids is 2. The van der Waals surface area contributed by atoms with Gasteiger partial charge in [0.25, 0.3) is 5.91 Å². The Morgan fingerprint density at radius 1 is 0.857 bits per heavy atom. The van der Waals surface area contributed by atoms with E-state index in [0.29, 0.717) is 17.4 Å². The van der Waals surface area contributed by atoms with Crippen molar-refractivity contribution in [3.63, 3.8) is 0 Å². The van der Waals surface area contributed by atoms with Gasteiger partial charge in [-0.15, -0.1) is 0 Å². The van der Waals surface area contributed by atoms with Gasteiger partial charge in [-0.05, 0) is 36.4 Å². The largest absolute Gasteiger partial charge is 0.416 e. The van der Waals surface area contributed by atoms with Gasteiger partial charge in [-0.2, -0.15) is 18.2 Å². The molecule has 0 aliphatic heterocycles. The van der Waals surface area contributed by atoms with Crippen LogP contribution in [0.2, 0.25) is 0 Å². The lowest BCUT2D eigenvalue weighted by Crippen LogP contribution is -2.15. The van der Waals surface area contributed by atoms with E-state index < -0.39 is 17.6 Å². The third-order valence-corrected chi connectivity index (χ3v) is 4.92. The minimum atomic E-state index is -4.52. The molecular formula is C25H19F3N4O3. The summed E-state index contributed by atoms with van der Waals surface area (Å²) in [6, 6.07) is 19.7. The first-order chi connectivity index (χ1) is 16.8. The predicted molar refractivity (Wildman–Crippen MR) is 123 cm³/mol. The SMILES string of the molecule is O=C(CCc1nc(-c2ccccc2)no1)Nc1cccc(C(=O)Nc2cccc(C(F)(F)F)c2)c1. The molecule has 0 atom stereocenters. The number of aryl methyl sites for hydroxylation is 1. The smallest absolute Gasteiger partial charge is 0.339 e. The molecule has 0 unspecified atom stereocenters. The predicted octanol–water partition coefficient (Wildman–Crippen LogP) is 5.58. The molecule has 10 heteroatoms. The zero-order valence-corrected chi connectivity index (χ0v) is 18.2. The van der Waals surface area contributed by atoms with Crippen LogP contribution in [-0.4, -0.2) is 22.0 Å². The van der Waals surface area contributed by atoms with E-state index in [0.717, 1.165) is 17.7 Å². The molecule has 35 heavy (non-hydrogen) atoms. The van der Waals surface area contributed by atoms with Gasteiger partial charge in [0.1, 0.15) is 0 Å². The Morgan fingerprint density at radius 2 is 1.57 bits per heavy atom. The van der Waals surface area contributed by atoms with Crippen molar-refractivity contribution >= 4 is 23.2 Å². The third-order valence-electron chi connectivity index (χ3n) is 4.92. The molecular weight excluding hydrogens is 461 g/mol. The van der Waals surface area contributed by atoms with Gasteiger partial charge in [-0.1, -0.05) is 47.6 Å². The van der Waals surface area contributed by atoms with Gasteiger partial charge in [0, 0.05) is 35.3 Å². The summed E-state index contributed by atoms with van der Waals surface area (Å²) in [5.74, 6) is -0.201. The topological polar surface area (TPSA) is 97.1 Å². The Hall–Kier alpha value is -4.47. The first-order valence-corrected chi connectivity index (χ1v) is 10.5. The summed E-state index contributed by atoms with van der Waals surface area (Å²) in [7, 11) is 0. The van der Waals surface area contributed by atoms with Crippen molar-refractivity contribution in [2.24, 2.45) is 0 Å². The number of hydrogen-bond donors (Lipinski definition) is 2. The highest BCUT2D eigenvalue weighted by atomic mass is 19.4. The standard InChI is InChI=1S/C25H19F3N4O3/c26-25(27,28)18-9-5-11-20(15-18)30-24(34)17-8-4-10-19(14-17)29-21(33)12-13-22-31-23(32-35-22)16-6-2-1-3-7-16/h1-11,14-15H,12-13H2,(H,29,33)(H,30,34). The molecule has 3 aromatic carbocycles. The number of amides is 2. The number of alkyl halides is 3. The van der Waals surface area contributed by atoms with E-state index in [-0.39, 0.29) is 30.0 Å². The van der Waals surface area contributed by atoms with Crippen molar-refractivity contribution in [3.8, 4) is 11.4 Å². The summed E-state index contributed by atoms with van der Waals surface area (Å²) in [4.78, 5) is 29.1. The van der Waals surface area contributed by atoms with Gasteiger partial charge in [0.05, 0.1) is 5.56 Å². The zero-order valence-electron chi connectivity index (χ0n) is 18.2. The maximum Gasteiger partial charge on any atom is 0.416 e. The number of halogens is 3. The quantitative estimate of drug-likeness (QED) is 0.360. The Balaban J connectivity index is 1.34. The molecule has 0 saturated carbocycles. The molecule has 0 bridgehead atoms. The molecule has 0 aliphatic carbocycles. The van der Waals surface area contributed by atoms with Crippen LogP contribution in [0, 0.1) is 0 Å². The van der Waals surface area contributed by atoms with Crippen LogP contribution in [0.5, 0.6) is 0 Å². The summed E-state index contributed by atoms with van der Waals surface area (Å²) in [6.07, 6.45) is -4.23. The summed E-state index contributed by atoms with van der Waals surface area (Å²) < 4.78 is 43.9. The lowest BCUT2D eigenvalue weighted by molar-refractivity contribution is -0.137. The van der Waals surface area contributed by atoms with Gasteiger partial charge < -0.3 is 15.2 Å². The van der Waals surface area contributed by atoms with Crippen molar-refractivity contribution < 1.29 is 27.3 Å². The summed E-state index contributed by atoms with van der Waals surface area (Å²) >= 11 is 0. The fourth-order valence-electron chi connectivity index (χ4n) is 3.22. The van der Waals surface area contributed by atoms with Crippen molar-refractivity contribution in [3.05, 3.63) is 95.9 Å². The fraction of sp³-hybridized carbons (Fsp3) is 0.120. The van der Waals surface area contributed by atoms with E-state index in [9.17, 15) is 22.8 Å². The Labute approximate surface area is 198 Å². The normalized spacial score (nSPS) is 11.2. The number of carbonyl (C=O) groups is 2. The molecule has 4 rings (SSSR count). The second-order valence-electron chi connectivity index (χ2n) is 7.54. The number of aromatic nitrogens is 2. The molecule has 0 aliphatic rings. The monoisotopic (exact) mass is 480 g/mol. The van der Waals surface area contributed by atoms with E-state index in [1.54, 1.807) is 12.1 Å². The van der Waals surface area contributed by atoms with Crippen LogP contribution in [0.1, 0.15) is 28.2 Å². The second-order valence-corrected chi connectivity index (χ2v) is 7.54. The minimum Gasteiger partial charge on any atom is -0.339 e. The molecule has 1 aromatic heterocycles. The number of nitrogens with one attached hydrogen (secondary N) is 2. The molecule has 1 heterocycles. The highest BCUT2D eigenvalue weighted by Gasteiger charge is 2.30. The maximum absolute atomic E-state index is 12.9. The molecule has 0 fully saturated rings. The van der Waals surface area contributed by atoms with Gasteiger partial charge >= 0.3 is 6.18 Å². The Bertz CT molecular complexity index is 1340. The Morgan fingerprint density at radius 3 is 2.31 bits per heavy atom. The van der Waals surface area contributed by atoms with E-state index in [4.69, 9.17) is 4.52 Å². The number of hydrogen-bond acceptors (Lipinski definition) is 5. The zero-order chi connectivity index (χ0) is 24.8. The number of benzene rings is 3. The summed E-state index contributed by atoms with van der Waals surface area (Å²) in [6.45, 7) is 0. The van der Waals surface area contributed by atoms with Crippen molar-refractivity contribution in [2.75, 3.05) is 10.6 Å². The van der Waals surface area contributed by atoms with Gasteiger partial charge in [-0.25, -0.2) is 0 Å². The van der Waals surface area contributed by atoms with Gasteiger partial charge in [0.2, 0.25) is 17.6 Å². The molecule has 178 valence electrons. The summed E-state index contributed by atoms with van der Waals surface area (Å²) in [5, 5.41) is 9.02. The molecule has 7 nitrogen and oxygen atoms in total. The van der Waals surface area contributed by atoms with E-state index >= 15 is 0 Å². The fourth-order valence-corrected chi connectivity index (χ4v) is 3.22. The molecule has 2 N–H and O–H groups in total. The highest BCUT2D eigenvalue weighted by Crippen LogP contribution is 2.30.